The van der Waals surface area contributed by atoms with E-state index in [9.17, 15) is 21.6 Å². The number of anilines is 1. The fraction of sp³-hybridized carbons (Fsp3) is 0.0769. The molecular formula is C13H7ClF3N3O2S2. The quantitative estimate of drug-likeness (QED) is 0.725. The first-order valence-electron chi connectivity index (χ1n) is 6.29. The maximum absolute atomic E-state index is 12.8. The molecule has 126 valence electrons. The van der Waals surface area contributed by atoms with E-state index in [1.54, 1.807) is 6.07 Å². The van der Waals surface area contributed by atoms with Gasteiger partial charge in [0, 0.05) is 0 Å². The molecule has 0 radical (unpaired) electrons. The van der Waals surface area contributed by atoms with Gasteiger partial charge in [-0.3, -0.25) is 4.72 Å². The Morgan fingerprint density at radius 1 is 1.12 bits per heavy atom. The van der Waals surface area contributed by atoms with Crippen LogP contribution in [0, 0.1) is 0 Å². The Bertz CT molecular complexity index is 1020. The van der Waals surface area contributed by atoms with Crippen molar-refractivity contribution in [2.75, 3.05) is 4.72 Å². The summed E-state index contributed by atoms with van der Waals surface area (Å²) in [5.74, 6) is 0. The van der Waals surface area contributed by atoms with E-state index in [1.807, 2.05) is 0 Å². The molecular weight excluding hydrogens is 387 g/mol. The minimum absolute atomic E-state index is 0.137. The standard InChI is InChI=1S/C13H7ClF3N3O2S2/c14-8-5-4-7(13(15,16)17)6-10(8)20-24(21,22)11-3-1-2-9-12(11)19-23-18-9/h1-6,20H. The van der Waals surface area contributed by atoms with Gasteiger partial charge >= 0.3 is 6.18 Å². The van der Waals surface area contributed by atoms with Crippen molar-refractivity contribution < 1.29 is 21.6 Å². The fourth-order valence-corrected chi connectivity index (χ4v) is 4.04. The van der Waals surface area contributed by atoms with Crippen molar-refractivity contribution in [3.05, 3.63) is 47.0 Å². The average Bonchev–Trinajstić information content (AvgIpc) is 2.96. The van der Waals surface area contributed by atoms with Crippen molar-refractivity contribution in [2.24, 2.45) is 0 Å². The number of hydrogen-bond donors (Lipinski definition) is 1. The highest BCUT2D eigenvalue weighted by atomic mass is 35.5. The maximum Gasteiger partial charge on any atom is 0.416 e. The third-order valence-electron chi connectivity index (χ3n) is 3.08. The number of benzene rings is 2. The van der Waals surface area contributed by atoms with Gasteiger partial charge in [0.25, 0.3) is 10.0 Å². The van der Waals surface area contributed by atoms with Crippen LogP contribution in [0.5, 0.6) is 0 Å². The summed E-state index contributed by atoms with van der Waals surface area (Å²) in [5, 5.41) is -0.157. The summed E-state index contributed by atoms with van der Waals surface area (Å²) in [5.41, 5.74) is -0.874. The van der Waals surface area contributed by atoms with Crippen LogP contribution in [0.3, 0.4) is 0 Å². The summed E-state index contributed by atoms with van der Waals surface area (Å²) < 4.78 is 73.3. The van der Waals surface area contributed by atoms with Gasteiger partial charge < -0.3 is 0 Å². The summed E-state index contributed by atoms with van der Waals surface area (Å²) in [6, 6.07) is 6.71. The lowest BCUT2D eigenvalue weighted by atomic mass is 10.2. The zero-order valence-electron chi connectivity index (χ0n) is 11.5. The van der Waals surface area contributed by atoms with Crippen molar-refractivity contribution in [1.82, 2.24) is 8.75 Å². The van der Waals surface area contributed by atoms with Gasteiger partial charge in [0.15, 0.2) is 0 Å². The summed E-state index contributed by atoms with van der Waals surface area (Å²) in [6.45, 7) is 0. The zero-order valence-corrected chi connectivity index (χ0v) is 13.9. The Balaban J connectivity index is 2.06. The second-order valence-corrected chi connectivity index (χ2v) is 7.27. The molecule has 0 unspecified atom stereocenters. The molecule has 0 bridgehead atoms. The SMILES string of the molecule is O=S(=O)(Nc1cc(C(F)(F)F)ccc1Cl)c1cccc2nsnc12. The number of hydrogen-bond acceptors (Lipinski definition) is 5. The number of nitrogens with zero attached hydrogens (tertiary/aromatic N) is 2. The van der Waals surface area contributed by atoms with Crippen LogP contribution in [0.2, 0.25) is 5.02 Å². The normalized spacial score (nSPS) is 12.5. The minimum Gasteiger partial charge on any atom is -0.278 e. The Kier molecular flexibility index (Phi) is 4.14. The molecule has 1 aromatic heterocycles. The Morgan fingerprint density at radius 2 is 1.88 bits per heavy atom. The molecule has 0 fully saturated rings. The van der Waals surface area contributed by atoms with Crippen molar-refractivity contribution in [2.45, 2.75) is 11.1 Å². The maximum atomic E-state index is 12.8. The molecule has 0 aliphatic carbocycles. The van der Waals surface area contributed by atoms with Crippen LogP contribution in [-0.4, -0.2) is 17.2 Å². The van der Waals surface area contributed by atoms with Crippen molar-refractivity contribution >= 4 is 50.1 Å². The van der Waals surface area contributed by atoms with Crippen LogP contribution in [0.15, 0.2) is 41.3 Å². The average molecular weight is 394 g/mol. The molecule has 3 aromatic rings. The van der Waals surface area contributed by atoms with E-state index in [0.717, 1.165) is 23.9 Å². The lowest BCUT2D eigenvalue weighted by Gasteiger charge is -2.13. The third-order valence-corrected chi connectivity index (χ3v) is 5.35. The first kappa shape index (κ1) is 16.9. The van der Waals surface area contributed by atoms with Crippen LogP contribution < -0.4 is 4.72 Å². The molecule has 0 aliphatic heterocycles. The number of sulfonamides is 1. The zero-order chi connectivity index (χ0) is 17.5. The van der Waals surface area contributed by atoms with E-state index in [1.165, 1.54) is 12.1 Å². The van der Waals surface area contributed by atoms with Crippen LogP contribution in [0.1, 0.15) is 5.56 Å². The number of aromatic nitrogens is 2. The predicted molar refractivity (Wildman–Crippen MR) is 84.7 cm³/mol. The largest absolute Gasteiger partial charge is 0.416 e. The van der Waals surface area contributed by atoms with Gasteiger partial charge in [-0.1, -0.05) is 17.7 Å². The lowest BCUT2D eigenvalue weighted by Crippen LogP contribution is -2.15. The van der Waals surface area contributed by atoms with Gasteiger partial charge in [0.05, 0.1) is 28.0 Å². The van der Waals surface area contributed by atoms with Crippen molar-refractivity contribution in [3.8, 4) is 0 Å². The topological polar surface area (TPSA) is 72.0 Å². The molecule has 24 heavy (non-hydrogen) atoms. The highest BCUT2D eigenvalue weighted by molar-refractivity contribution is 7.93. The number of halogens is 4. The monoisotopic (exact) mass is 393 g/mol. The highest BCUT2D eigenvalue weighted by Gasteiger charge is 2.31. The summed E-state index contributed by atoms with van der Waals surface area (Å²) in [6.07, 6.45) is -4.62. The summed E-state index contributed by atoms with van der Waals surface area (Å²) in [7, 11) is -4.19. The van der Waals surface area contributed by atoms with Gasteiger partial charge in [-0.25, -0.2) is 8.42 Å². The smallest absolute Gasteiger partial charge is 0.278 e. The second-order valence-electron chi connectivity index (χ2n) is 4.69. The molecule has 0 spiro atoms. The van der Waals surface area contributed by atoms with E-state index >= 15 is 0 Å². The Morgan fingerprint density at radius 3 is 2.58 bits per heavy atom. The fourth-order valence-electron chi connectivity index (χ4n) is 1.98. The van der Waals surface area contributed by atoms with E-state index in [0.29, 0.717) is 11.6 Å². The Hall–Kier alpha value is -1.91. The molecule has 1 heterocycles. The van der Waals surface area contributed by atoms with Crippen LogP contribution >= 0.6 is 23.3 Å². The molecule has 0 amide bonds. The molecule has 0 saturated heterocycles. The van der Waals surface area contributed by atoms with Gasteiger partial charge in [-0.05, 0) is 30.3 Å². The molecule has 5 nitrogen and oxygen atoms in total. The molecule has 0 aliphatic rings. The van der Waals surface area contributed by atoms with Gasteiger partial charge in [0.2, 0.25) is 0 Å². The van der Waals surface area contributed by atoms with E-state index < -0.39 is 21.8 Å². The number of alkyl halides is 3. The lowest BCUT2D eigenvalue weighted by molar-refractivity contribution is -0.137. The van der Waals surface area contributed by atoms with Crippen molar-refractivity contribution in [1.29, 1.82) is 0 Å². The molecule has 0 atom stereocenters. The van der Waals surface area contributed by atoms with Crippen LogP contribution in [-0.2, 0) is 16.2 Å². The predicted octanol–water partition coefficient (Wildman–Crippen LogP) is 4.16. The van der Waals surface area contributed by atoms with Crippen LogP contribution in [0.4, 0.5) is 18.9 Å². The molecule has 1 N–H and O–H groups in total. The van der Waals surface area contributed by atoms with Gasteiger partial charge in [-0.15, -0.1) is 0 Å². The van der Waals surface area contributed by atoms with Crippen LogP contribution in [0.25, 0.3) is 11.0 Å². The van der Waals surface area contributed by atoms with E-state index in [4.69, 9.17) is 11.6 Å². The summed E-state index contributed by atoms with van der Waals surface area (Å²) >= 11 is 6.65. The number of fused-ring (bicyclic) bond motifs is 1. The van der Waals surface area contributed by atoms with Crippen molar-refractivity contribution in [3.63, 3.8) is 0 Å². The molecule has 0 saturated carbocycles. The highest BCUT2D eigenvalue weighted by Crippen LogP contribution is 2.35. The van der Waals surface area contributed by atoms with E-state index in [2.05, 4.69) is 13.5 Å². The second kappa shape index (κ2) is 5.87. The van der Waals surface area contributed by atoms with E-state index in [-0.39, 0.29) is 21.1 Å². The summed E-state index contributed by atoms with van der Waals surface area (Å²) in [4.78, 5) is -0.192. The number of rotatable bonds is 3. The Labute approximate surface area is 143 Å². The third kappa shape index (κ3) is 3.17. The molecule has 3 rings (SSSR count). The number of nitrogens with one attached hydrogen (secondary N) is 1. The van der Waals surface area contributed by atoms with Gasteiger partial charge in [0.1, 0.15) is 15.9 Å². The van der Waals surface area contributed by atoms with Gasteiger partial charge in [-0.2, -0.15) is 21.9 Å². The molecule has 11 heteroatoms. The molecule has 2 aromatic carbocycles. The first-order chi connectivity index (χ1) is 11.2. The minimum atomic E-state index is -4.62. The first-order valence-corrected chi connectivity index (χ1v) is 8.88.